The lowest BCUT2D eigenvalue weighted by molar-refractivity contribution is -0.0510. The molecule has 2 aliphatic carbocycles. The van der Waals surface area contributed by atoms with Crippen LogP contribution in [0.4, 0.5) is 5.69 Å². The molecule has 0 aromatic heterocycles. The zero-order chi connectivity index (χ0) is 31.3. The molecule has 2 aromatic carbocycles. The first-order valence-corrected chi connectivity index (χ1v) is 18.5. The van der Waals surface area contributed by atoms with E-state index in [1.165, 1.54) is 11.1 Å². The molecule has 2 heterocycles. The van der Waals surface area contributed by atoms with Crippen molar-refractivity contribution in [2.45, 2.75) is 88.4 Å². The molecule has 0 radical (unpaired) electrons. The van der Waals surface area contributed by atoms with E-state index in [4.69, 9.17) is 16.3 Å². The molecule has 6 nitrogen and oxygen atoms in total. The van der Waals surface area contributed by atoms with Gasteiger partial charge in [-0.2, -0.15) is 0 Å². The monoisotopic (exact) mass is 638 g/mol. The molecule has 2 N–H and O–H groups in total. The molecule has 1 unspecified atom stereocenters. The van der Waals surface area contributed by atoms with Gasteiger partial charge < -0.3 is 14.7 Å². The minimum absolute atomic E-state index is 0.00731. The first-order chi connectivity index (χ1) is 20.9. The van der Waals surface area contributed by atoms with Crippen LogP contribution >= 0.6 is 11.6 Å². The third-order valence-electron chi connectivity index (χ3n) is 11.0. The van der Waals surface area contributed by atoms with Crippen LogP contribution in [0.15, 0.2) is 48.6 Å². The first-order valence-electron chi connectivity index (χ1n) is 16.3. The summed E-state index contributed by atoms with van der Waals surface area (Å²) < 4.78 is 23.1. The number of nitrogens with one attached hydrogen (secondary N) is 1. The van der Waals surface area contributed by atoms with Crippen LogP contribution in [0, 0.1) is 17.8 Å². The number of anilines is 1. The molecular weight excluding hydrogens is 592 g/mol. The van der Waals surface area contributed by atoms with Gasteiger partial charge in [0.2, 0.25) is 0 Å². The van der Waals surface area contributed by atoms with Crippen molar-refractivity contribution in [2.24, 2.45) is 17.8 Å². The molecular formula is C36H47ClN2O4S. The van der Waals surface area contributed by atoms with E-state index < -0.39 is 15.3 Å². The highest BCUT2D eigenvalue weighted by Crippen LogP contribution is 2.49. The number of hydrogen-bond acceptors (Lipinski definition) is 5. The number of rotatable bonds is 2. The Balaban J connectivity index is 1.45. The van der Waals surface area contributed by atoms with E-state index in [0.717, 1.165) is 68.1 Å². The Morgan fingerprint density at radius 1 is 1.20 bits per heavy atom. The first kappa shape index (κ1) is 31.5. The van der Waals surface area contributed by atoms with Gasteiger partial charge >= 0.3 is 0 Å². The normalized spacial score (nSPS) is 36.2. The lowest BCUT2D eigenvalue weighted by Crippen LogP contribution is -2.52. The Labute approximate surface area is 268 Å². The van der Waals surface area contributed by atoms with Gasteiger partial charge in [-0.25, -0.2) is 4.21 Å². The molecule has 1 spiro atoms. The molecule has 2 aromatic rings. The maximum absolute atomic E-state index is 13.7. The van der Waals surface area contributed by atoms with Gasteiger partial charge in [0.15, 0.2) is 0 Å². The van der Waals surface area contributed by atoms with Crippen molar-refractivity contribution >= 4 is 38.8 Å². The van der Waals surface area contributed by atoms with Gasteiger partial charge in [-0.3, -0.25) is 9.52 Å². The fraction of sp³-hybridized carbons (Fsp3) is 0.556. The minimum Gasteiger partial charge on any atom is -0.490 e. The van der Waals surface area contributed by atoms with E-state index >= 15 is 0 Å². The van der Waals surface area contributed by atoms with Crippen LogP contribution in [0.2, 0.25) is 5.02 Å². The molecule has 4 aliphatic rings. The quantitative estimate of drug-likeness (QED) is 0.282. The molecule has 1 amide bonds. The van der Waals surface area contributed by atoms with Crippen LogP contribution in [-0.4, -0.2) is 51.6 Å². The van der Waals surface area contributed by atoms with Crippen LogP contribution in [-0.2, 0) is 21.5 Å². The number of carbonyl (C=O) groups excluding carboxylic acids is 1. The van der Waals surface area contributed by atoms with Crippen molar-refractivity contribution < 1.29 is 18.8 Å². The van der Waals surface area contributed by atoms with Crippen molar-refractivity contribution in [3.63, 3.8) is 0 Å². The van der Waals surface area contributed by atoms with Crippen LogP contribution < -0.4 is 14.4 Å². The van der Waals surface area contributed by atoms with E-state index in [1.54, 1.807) is 6.07 Å². The second-order valence-electron chi connectivity index (χ2n) is 14.0. The summed E-state index contributed by atoms with van der Waals surface area (Å²) in [6.45, 7) is 8.09. The fourth-order valence-corrected chi connectivity index (χ4v) is 9.81. The molecule has 238 valence electrons. The van der Waals surface area contributed by atoms with Gasteiger partial charge in [0.1, 0.15) is 5.75 Å². The number of amides is 1. The summed E-state index contributed by atoms with van der Waals surface area (Å²) in [7, 11) is -2.94. The van der Waals surface area contributed by atoms with E-state index in [9.17, 15) is 14.1 Å². The van der Waals surface area contributed by atoms with Gasteiger partial charge in [-0.15, -0.1) is 0 Å². The number of ether oxygens (including phenoxy) is 1. The summed E-state index contributed by atoms with van der Waals surface area (Å²) in [5.74, 6) is 4.79. The number of hydrogen-bond donors (Lipinski definition) is 2. The number of benzene rings is 2. The lowest BCUT2D eigenvalue weighted by Gasteiger charge is -2.49. The largest absolute Gasteiger partial charge is 0.490 e. The topological polar surface area (TPSA) is 78.9 Å². The van der Waals surface area contributed by atoms with E-state index in [-0.39, 0.29) is 28.4 Å². The van der Waals surface area contributed by atoms with Crippen molar-refractivity contribution in [3.8, 4) is 5.75 Å². The van der Waals surface area contributed by atoms with Crippen LogP contribution in [0.1, 0.15) is 87.2 Å². The lowest BCUT2D eigenvalue weighted by atomic mass is 9.63. The summed E-state index contributed by atoms with van der Waals surface area (Å²) in [5, 5.41) is 12.5. The average molecular weight is 639 g/mol. The fourth-order valence-electron chi connectivity index (χ4n) is 8.14. The molecule has 44 heavy (non-hydrogen) atoms. The number of aliphatic hydroxyl groups is 1. The van der Waals surface area contributed by atoms with Crippen LogP contribution in [0.3, 0.4) is 0 Å². The molecule has 1 saturated carbocycles. The van der Waals surface area contributed by atoms with Crippen molar-refractivity contribution in [1.82, 2.24) is 4.72 Å². The van der Waals surface area contributed by atoms with Gasteiger partial charge in [0.25, 0.3) is 5.91 Å². The van der Waals surface area contributed by atoms with E-state index in [0.29, 0.717) is 30.9 Å². The van der Waals surface area contributed by atoms with Crippen LogP contribution in [0.25, 0.3) is 0 Å². The Bertz CT molecular complexity index is 1560. The molecule has 1 fully saturated rings. The van der Waals surface area contributed by atoms with Crippen molar-refractivity contribution in [2.75, 3.05) is 24.6 Å². The molecule has 8 heteroatoms. The van der Waals surface area contributed by atoms with Gasteiger partial charge in [0, 0.05) is 34.3 Å². The Kier molecular flexibility index (Phi) is 8.61. The van der Waals surface area contributed by atoms with Gasteiger partial charge in [-0.1, -0.05) is 50.1 Å². The maximum Gasteiger partial charge on any atom is 0.262 e. The van der Waals surface area contributed by atoms with Gasteiger partial charge in [0.05, 0.1) is 27.6 Å². The molecule has 2 bridgehead atoms. The molecule has 7 atom stereocenters. The molecule has 2 aliphatic heterocycles. The zero-order valence-electron chi connectivity index (χ0n) is 26.3. The number of fused-ring (bicyclic) bond motifs is 4. The summed E-state index contributed by atoms with van der Waals surface area (Å²) in [5.41, 5.74) is 2.77. The number of allylic oxidation sites excluding steroid dienone is 1. The minimum atomic E-state index is -2.94. The third kappa shape index (κ3) is 5.80. The summed E-state index contributed by atoms with van der Waals surface area (Å²) in [6.07, 6.45) is 11.4. The Hall–Kier alpha value is -2.48. The average Bonchev–Trinajstić information content (AvgIpc) is 3.11. The number of halogens is 1. The van der Waals surface area contributed by atoms with E-state index in [1.807, 2.05) is 38.1 Å². The summed E-state index contributed by atoms with van der Waals surface area (Å²) in [4.78, 5) is 16.0. The number of carbonyl (C=O) groups is 1. The third-order valence-corrected chi connectivity index (χ3v) is 13.5. The Morgan fingerprint density at radius 2 is 2.02 bits per heavy atom. The number of aryl methyl sites for hydroxylation is 1. The Morgan fingerprint density at radius 3 is 2.77 bits per heavy atom. The highest BCUT2D eigenvalue weighted by atomic mass is 35.5. The van der Waals surface area contributed by atoms with E-state index in [2.05, 4.69) is 40.6 Å². The van der Waals surface area contributed by atoms with Crippen molar-refractivity contribution in [3.05, 3.63) is 70.3 Å². The predicted molar refractivity (Wildman–Crippen MR) is 181 cm³/mol. The smallest absolute Gasteiger partial charge is 0.262 e. The predicted octanol–water partition coefficient (Wildman–Crippen LogP) is 6.72. The zero-order valence-corrected chi connectivity index (χ0v) is 27.9. The van der Waals surface area contributed by atoms with Gasteiger partial charge in [-0.05, 0) is 117 Å². The highest BCUT2D eigenvalue weighted by Gasteiger charge is 2.47. The molecule has 0 saturated heterocycles. The summed E-state index contributed by atoms with van der Waals surface area (Å²) >= 11 is 6.43. The second-order valence-corrected chi connectivity index (χ2v) is 16.8. The molecule has 6 rings (SSSR count). The standard InChI is InChI=1S/C36H47ClN2O4S/c1-5-16-36(41)18-6-8-24(2)25(3)44(4,42)38-34(40)27-11-15-33-32(20-27)39(21-28-10-13-31(28)36)22-35(23-43-33)17-7-9-26-19-29(37)12-14-30(26)35/h6,11-12,14-15,18-20,24-25,28,31,41H,4-5,7-10,13,16-17,21-23H2,1-3H3,(H,38,40,42)/b18-6+/t24-,25+,28-,31+,35-,36-,44?/m0/s1. The maximum atomic E-state index is 13.7. The van der Waals surface area contributed by atoms with Crippen LogP contribution in [0.5, 0.6) is 5.75 Å². The SMILES string of the molecule is C=S1(=O)NC(=O)c2ccc3c(c2)N(C[C@@H]2CC[C@H]2[C@](O)(CCC)/C=C/C[C@H](C)[C@H]1C)C[C@@]1(CCCc2cc(Cl)ccc21)CO3. The number of nitrogens with zero attached hydrogens (tertiary/aromatic N) is 1. The summed E-state index contributed by atoms with van der Waals surface area (Å²) in [6, 6.07) is 11.8. The highest BCUT2D eigenvalue weighted by molar-refractivity contribution is 7.99. The van der Waals surface area contributed by atoms with Crippen molar-refractivity contribution in [1.29, 1.82) is 0 Å². The second kappa shape index (κ2) is 12.0.